The van der Waals surface area contributed by atoms with Crippen LogP contribution in [0.2, 0.25) is 0 Å². The van der Waals surface area contributed by atoms with Gasteiger partial charge in [-0.25, -0.2) is 4.98 Å². The fraction of sp³-hybridized carbons (Fsp3) is 0.769. The average molecular weight is 266 g/mol. The lowest BCUT2D eigenvalue weighted by Crippen LogP contribution is -2.39. The first-order chi connectivity index (χ1) is 9.24. The first kappa shape index (κ1) is 14.0. The van der Waals surface area contributed by atoms with Gasteiger partial charge in [-0.2, -0.15) is 0 Å². The maximum atomic E-state index is 12.2. The number of hydrogen-bond acceptors (Lipinski definition) is 4. The van der Waals surface area contributed by atoms with Crippen LogP contribution in [0.3, 0.4) is 0 Å². The number of ether oxygens (including phenoxy) is 1. The largest absolute Gasteiger partial charge is 0.384 e. The molecule has 1 aliphatic heterocycles. The van der Waals surface area contributed by atoms with Crippen molar-refractivity contribution in [3.63, 3.8) is 0 Å². The molecule has 1 aromatic rings. The molecule has 1 aromatic heterocycles. The number of rotatable bonds is 5. The number of hydrogen-bond donors (Lipinski definition) is 1. The van der Waals surface area contributed by atoms with Crippen molar-refractivity contribution in [1.29, 1.82) is 0 Å². The molecule has 0 aromatic carbocycles. The lowest BCUT2D eigenvalue weighted by Gasteiger charge is -2.30. The molecule has 1 amide bonds. The molecule has 106 valence electrons. The van der Waals surface area contributed by atoms with E-state index in [1.165, 1.54) is 0 Å². The van der Waals surface area contributed by atoms with Gasteiger partial charge in [-0.1, -0.05) is 6.92 Å². The van der Waals surface area contributed by atoms with Crippen molar-refractivity contribution >= 4 is 5.91 Å². The van der Waals surface area contributed by atoms with Gasteiger partial charge in [0.2, 0.25) is 5.82 Å². The zero-order chi connectivity index (χ0) is 13.7. The minimum Gasteiger partial charge on any atom is -0.384 e. The van der Waals surface area contributed by atoms with Gasteiger partial charge in [0.25, 0.3) is 5.91 Å². The van der Waals surface area contributed by atoms with E-state index in [4.69, 9.17) is 4.74 Å². The van der Waals surface area contributed by atoms with Crippen molar-refractivity contribution in [1.82, 2.24) is 20.1 Å². The van der Waals surface area contributed by atoms with Crippen LogP contribution in [-0.2, 0) is 11.2 Å². The second kappa shape index (κ2) is 6.65. The third-order valence-corrected chi connectivity index (χ3v) is 3.51. The molecule has 1 saturated heterocycles. The number of amides is 1. The van der Waals surface area contributed by atoms with E-state index in [9.17, 15) is 4.79 Å². The molecule has 2 heterocycles. The van der Waals surface area contributed by atoms with Crippen molar-refractivity contribution in [2.24, 2.45) is 5.92 Å². The monoisotopic (exact) mass is 266 g/mol. The summed E-state index contributed by atoms with van der Waals surface area (Å²) in [5.41, 5.74) is 0. The molecule has 6 nitrogen and oxygen atoms in total. The fourth-order valence-electron chi connectivity index (χ4n) is 2.42. The Bertz CT molecular complexity index is 411. The Hall–Kier alpha value is -1.43. The third kappa shape index (κ3) is 3.53. The number of nitrogens with zero attached hydrogens (tertiary/aromatic N) is 3. The standard InChI is InChI=1S/C13H22N4O2/c1-3-4-11-14-12(16-15-11)13(18)17-7-5-10(6-8-17)9-19-2/h10H,3-9H2,1-2H3,(H,14,15,16). The topological polar surface area (TPSA) is 71.1 Å². The molecule has 1 aliphatic rings. The predicted octanol–water partition coefficient (Wildman–Crippen LogP) is 1.26. The van der Waals surface area contributed by atoms with E-state index in [0.29, 0.717) is 11.7 Å². The molecule has 0 aliphatic carbocycles. The highest BCUT2D eigenvalue weighted by atomic mass is 16.5. The van der Waals surface area contributed by atoms with Crippen LogP contribution in [0, 0.1) is 5.92 Å². The van der Waals surface area contributed by atoms with Crippen molar-refractivity contribution in [3.05, 3.63) is 11.6 Å². The molecule has 0 bridgehead atoms. The Morgan fingerprint density at radius 1 is 1.47 bits per heavy atom. The van der Waals surface area contributed by atoms with Gasteiger partial charge in [0.15, 0.2) is 0 Å². The maximum Gasteiger partial charge on any atom is 0.293 e. The highest BCUT2D eigenvalue weighted by molar-refractivity contribution is 5.90. The van der Waals surface area contributed by atoms with Crippen LogP contribution >= 0.6 is 0 Å². The van der Waals surface area contributed by atoms with E-state index in [2.05, 4.69) is 22.1 Å². The Kier molecular flexibility index (Phi) is 4.90. The van der Waals surface area contributed by atoms with Crippen LogP contribution in [-0.4, -0.2) is 52.8 Å². The first-order valence-electron chi connectivity index (χ1n) is 6.94. The number of piperidine rings is 1. The Morgan fingerprint density at radius 3 is 2.84 bits per heavy atom. The van der Waals surface area contributed by atoms with Gasteiger partial charge in [-0.3, -0.25) is 9.89 Å². The van der Waals surface area contributed by atoms with Crippen LogP contribution in [0.5, 0.6) is 0 Å². The number of likely N-dealkylation sites (tertiary alicyclic amines) is 1. The summed E-state index contributed by atoms with van der Waals surface area (Å²) >= 11 is 0. The molecule has 6 heteroatoms. The van der Waals surface area contributed by atoms with E-state index >= 15 is 0 Å². The van der Waals surface area contributed by atoms with Crippen molar-refractivity contribution < 1.29 is 9.53 Å². The summed E-state index contributed by atoms with van der Waals surface area (Å²) in [6.07, 6.45) is 3.80. The number of aromatic nitrogens is 3. The summed E-state index contributed by atoms with van der Waals surface area (Å²) in [4.78, 5) is 18.3. The molecular weight excluding hydrogens is 244 g/mol. The molecule has 0 spiro atoms. The summed E-state index contributed by atoms with van der Waals surface area (Å²) < 4.78 is 5.16. The molecule has 0 radical (unpaired) electrons. The summed E-state index contributed by atoms with van der Waals surface area (Å²) in [7, 11) is 1.72. The van der Waals surface area contributed by atoms with Crippen molar-refractivity contribution in [2.75, 3.05) is 26.8 Å². The van der Waals surface area contributed by atoms with E-state index in [-0.39, 0.29) is 5.91 Å². The van der Waals surface area contributed by atoms with Gasteiger partial charge < -0.3 is 9.64 Å². The molecule has 19 heavy (non-hydrogen) atoms. The van der Waals surface area contributed by atoms with Gasteiger partial charge >= 0.3 is 0 Å². The minimum absolute atomic E-state index is 0.0607. The third-order valence-electron chi connectivity index (χ3n) is 3.51. The number of methoxy groups -OCH3 is 1. The first-order valence-corrected chi connectivity index (χ1v) is 6.94. The maximum absolute atomic E-state index is 12.2. The molecular formula is C13H22N4O2. The quantitative estimate of drug-likeness (QED) is 0.871. The zero-order valence-electron chi connectivity index (χ0n) is 11.7. The van der Waals surface area contributed by atoms with E-state index in [1.54, 1.807) is 7.11 Å². The van der Waals surface area contributed by atoms with Gasteiger partial charge in [0.05, 0.1) is 0 Å². The fourth-order valence-corrected chi connectivity index (χ4v) is 2.42. The van der Waals surface area contributed by atoms with Gasteiger partial charge in [-0.05, 0) is 25.2 Å². The summed E-state index contributed by atoms with van der Waals surface area (Å²) in [6.45, 7) is 4.39. The molecule has 2 rings (SSSR count). The Balaban J connectivity index is 1.89. The zero-order valence-corrected chi connectivity index (χ0v) is 11.7. The number of nitrogens with one attached hydrogen (secondary N) is 1. The normalized spacial score (nSPS) is 16.8. The lowest BCUT2D eigenvalue weighted by atomic mass is 9.98. The van der Waals surface area contributed by atoms with Gasteiger partial charge in [0, 0.05) is 33.2 Å². The van der Waals surface area contributed by atoms with Crippen LogP contribution in [0.15, 0.2) is 0 Å². The molecule has 1 fully saturated rings. The summed E-state index contributed by atoms with van der Waals surface area (Å²) in [5.74, 6) is 1.60. The molecule has 0 unspecified atom stereocenters. The van der Waals surface area contributed by atoms with Gasteiger partial charge in [-0.15, -0.1) is 5.10 Å². The van der Waals surface area contributed by atoms with E-state index < -0.39 is 0 Å². The number of carbonyl (C=O) groups excluding carboxylic acids is 1. The van der Waals surface area contributed by atoms with Crippen molar-refractivity contribution in [3.8, 4) is 0 Å². The van der Waals surface area contributed by atoms with Crippen LogP contribution < -0.4 is 0 Å². The SMILES string of the molecule is CCCc1nc(C(=O)N2CCC(COC)CC2)n[nH]1. The Morgan fingerprint density at radius 2 is 2.21 bits per heavy atom. The minimum atomic E-state index is -0.0607. The smallest absolute Gasteiger partial charge is 0.293 e. The highest BCUT2D eigenvalue weighted by Crippen LogP contribution is 2.18. The van der Waals surface area contributed by atoms with Gasteiger partial charge in [0.1, 0.15) is 5.82 Å². The van der Waals surface area contributed by atoms with E-state index in [0.717, 1.165) is 51.2 Å². The number of aryl methyl sites for hydroxylation is 1. The molecule has 0 saturated carbocycles. The predicted molar refractivity (Wildman–Crippen MR) is 70.9 cm³/mol. The average Bonchev–Trinajstić information content (AvgIpc) is 2.88. The number of aromatic amines is 1. The summed E-state index contributed by atoms with van der Waals surface area (Å²) in [6, 6.07) is 0. The van der Waals surface area contributed by atoms with Crippen LogP contribution in [0.4, 0.5) is 0 Å². The Labute approximate surface area is 113 Å². The highest BCUT2D eigenvalue weighted by Gasteiger charge is 2.25. The van der Waals surface area contributed by atoms with Crippen molar-refractivity contribution in [2.45, 2.75) is 32.6 Å². The molecule has 1 N–H and O–H groups in total. The molecule has 0 atom stereocenters. The van der Waals surface area contributed by atoms with Crippen LogP contribution in [0.25, 0.3) is 0 Å². The van der Waals surface area contributed by atoms with Crippen LogP contribution in [0.1, 0.15) is 42.6 Å². The summed E-state index contributed by atoms with van der Waals surface area (Å²) in [5, 5.41) is 6.84. The number of carbonyl (C=O) groups is 1. The second-order valence-corrected chi connectivity index (χ2v) is 5.05. The van der Waals surface area contributed by atoms with E-state index in [1.807, 2.05) is 4.90 Å². The number of H-pyrrole nitrogens is 1. The second-order valence-electron chi connectivity index (χ2n) is 5.05. The lowest BCUT2D eigenvalue weighted by molar-refractivity contribution is 0.0603.